The molecule has 0 N–H and O–H groups in total. The fourth-order valence-corrected chi connectivity index (χ4v) is 4.17. The second-order valence-electron chi connectivity index (χ2n) is 7.14. The molecule has 0 aromatic heterocycles. The van der Waals surface area contributed by atoms with Gasteiger partial charge < -0.3 is 14.4 Å². The zero-order valence-electron chi connectivity index (χ0n) is 14.8. The molecule has 0 spiro atoms. The van der Waals surface area contributed by atoms with Crippen molar-refractivity contribution in [1.29, 1.82) is 0 Å². The first-order valence-electron chi connectivity index (χ1n) is 8.74. The topological polar surface area (TPSA) is 24.9 Å². The Morgan fingerprint density at radius 2 is 1.78 bits per heavy atom. The van der Waals surface area contributed by atoms with Crippen molar-refractivity contribution < 1.29 is 9.47 Å². The van der Waals surface area contributed by atoms with Crippen molar-refractivity contribution in [3.05, 3.63) is 29.8 Å². The molecule has 0 amide bonds. The van der Waals surface area contributed by atoms with E-state index in [0.29, 0.717) is 5.92 Å². The van der Waals surface area contributed by atoms with Crippen LogP contribution >= 0.6 is 0 Å². The van der Waals surface area contributed by atoms with Crippen LogP contribution in [0.5, 0.6) is 5.75 Å². The molecule has 2 fully saturated rings. The lowest BCUT2D eigenvalue weighted by molar-refractivity contribution is -0.0919. The molecule has 2 saturated heterocycles. The lowest BCUT2D eigenvalue weighted by Gasteiger charge is -2.43. The summed E-state index contributed by atoms with van der Waals surface area (Å²) in [6, 6.07) is 8.45. The minimum atomic E-state index is 0.0984. The van der Waals surface area contributed by atoms with Gasteiger partial charge in [0.1, 0.15) is 5.75 Å². The molecule has 0 bridgehead atoms. The van der Waals surface area contributed by atoms with Gasteiger partial charge in [-0.15, -0.1) is 0 Å². The second kappa shape index (κ2) is 7.20. The Bertz CT molecular complexity index is 495. The van der Waals surface area contributed by atoms with Crippen molar-refractivity contribution in [2.45, 2.75) is 31.4 Å². The molecule has 1 aromatic rings. The molecule has 0 aliphatic carbocycles. The van der Waals surface area contributed by atoms with Crippen molar-refractivity contribution >= 4 is 0 Å². The third kappa shape index (κ3) is 3.70. The van der Waals surface area contributed by atoms with Crippen LogP contribution in [0, 0.1) is 5.92 Å². The minimum absolute atomic E-state index is 0.0984. The van der Waals surface area contributed by atoms with E-state index >= 15 is 0 Å². The van der Waals surface area contributed by atoms with Crippen LogP contribution in [0.25, 0.3) is 0 Å². The Morgan fingerprint density at radius 1 is 1.09 bits per heavy atom. The average molecular weight is 318 g/mol. The number of methoxy groups -OCH3 is 2. The van der Waals surface area contributed by atoms with E-state index in [9.17, 15) is 0 Å². The number of hydrogen-bond acceptors (Lipinski definition) is 4. The van der Waals surface area contributed by atoms with Crippen LogP contribution in [0.3, 0.4) is 0 Å². The molecule has 1 atom stereocenters. The van der Waals surface area contributed by atoms with Gasteiger partial charge in [0.05, 0.1) is 12.7 Å². The van der Waals surface area contributed by atoms with Gasteiger partial charge in [-0.05, 0) is 50.6 Å². The number of hydrogen-bond donors (Lipinski definition) is 0. The fraction of sp³-hybridized carbons (Fsp3) is 0.684. The number of benzene rings is 1. The van der Waals surface area contributed by atoms with Crippen LogP contribution in [0.15, 0.2) is 24.3 Å². The molecular formula is C19H30N2O2. The van der Waals surface area contributed by atoms with E-state index in [-0.39, 0.29) is 5.60 Å². The molecule has 128 valence electrons. The van der Waals surface area contributed by atoms with Crippen LogP contribution in [-0.4, -0.2) is 62.8 Å². The summed E-state index contributed by atoms with van der Waals surface area (Å²) in [5.74, 6) is 1.59. The molecule has 1 aromatic carbocycles. The second-order valence-corrected chi connectivity index (χ2v) is 7.14. The SMILES string of the molecule is COc1ccc(CN2CCC(C3(OC)CCN(C)CC3)C2)cc1. The van der Waals surface area contributed by atoms with E-state index < -0.39 is 0 Å². The van der Waals surface area contributed by atoms with Crippen LogP contribution in [-0.2, 0) is 11.3 Å². The summed E-state index contributed by atoms with van der Waals surface area (Å²) in [6.07, 6.45) is 3.59. The largest absolute Gasteiger partial charge is 0.497 e. The van der Waals surface area contributed by atoms with Crippen molar-refractivity contribution in [3.63, 3.8) is 0 Å². The zero-order chi connectivity index (χ0) is 16.3. The average Bonchev–Trinajstić information content (AvgIpc) is 3.06. The predicted molar refractivity (Wildman–Crippen MR) is 92.8 cm³/mol. The summed E-state index contributed by atoms with van der Waals surface area (Å²) in [5.41, 5.74) is 1.46. The molecule has 1 unspecified atom stereocenters. The monoisotopic (exact) mass is 318 g/mol. The van der Waals surface area contributed by atoms with Gasteiger partial charge in [0.15, 0.2) is 0 Å². The number of ether oxygens (including phenoxy) is 2. The maximum absolute atomic E-state index is 6.07. The molecule has 2 aliphatic rings. The van der Waals surface area contributed by atoms with E-state index in [1.54, 1.807) is 7.11 Å². The first-order chi connectivity index (χ1) is 11.1. The van der Waals surface area contributed by atoms with E-state index in [1.165, 1.54) is 31.4 Å². The first kappa shape index (κ1) is 16.7. The third-order valence-corrected chi connectivity index (χ3v) is 5.82. The van der Waals surface area contributed by atoms with Crippen molar-refractivity contribution in [1.82, 2.24) is 9.80 Å². The van der Waals surface area contributed by atoms with Crippen LogP contribution in [0.2, 0.25) is 0 Å². The van der Waals surface area contributed by atoms with E-state index in [4.69, 9.17) is 9.47 Å². The lowest BCUT2D eigenvalue weighted by atomic mass is 9.79. The Balaban J connectivity index is 1.58. The van der Waals surface area contributed by atoms with Gasteiger partial charge in [-0.25, -0.2) is 0 Å². The van der Waals surface area contributed by atoms with Crippen molar-refractivity contribution in [2.75, 3.05) is 47.4 Å². The normalized spacial score (nSPS) is 25.6. The predicted octanol–water partition coefficient (Wildman–Crippen LogP) is 2.63. The summed E-state index contributed by atoms with van der Waals surface area (Å²) >= 11 is 0. The quantitative estimate of drug-likeness (QED) is 0.833. The van der Waals surface area contributed by atoms with Crippen LogP contribution < -0.4 is 4.74 Å². The smallest absolute Gasteiger partial charge is 0.118 e. The summed E-state index contributed by atoms with van der Waals surface area (Å²) in [6.45, 7) is 5.67. The third-order valence-electron chi connectivity index (χ3n) is 5.82. The minimum Gasteiger partial charge on any atom is -0.497 e. The van der Waals surface area contributed by atoms with Gasteiger partial charge >= 0.3 is 0 Å². The Morgan fingerprint density at radius 3 is 2.39 bits per heavy atom. The highest BCUT2D eigenvalue weighted by Crippen LogP contribution is 2.38. The van der Waals surface area contributed by atoms with Gasteiger partial charge in [-0.3, -0.25) is 4.90 Å². The Kier molecular flexibility index (Phi) is 5.24. The maximum Gasteiger partial charge on any atom is 0.118 e. The van der Waals surface area contributed by atoms with Gasteiger partial charge in [-0.1, -0.05) is 12.1 Å². The molecule has 4 nitrogen and oxygen atoms in total. The van der Waals surface area contributed by atoms with Gasteiger partial charge in [0, 0.05) is 39.2 Å². The maximum atomic E-state index is 6.07. The molecule has 0 radical (unpaired) electrons. The molecule has 3 rings (SSSR count). The summed E-state index contributed by atoms with van der Waals surface area (Å²) in [7, 11) is 5.84. The molecule has 23 heavy (non-hydrogen) atoms. The number of rotatable bonds is 5. The van der Waals surface area contributed by atoms with E-state index in [1.807, 2.05) is 7.11 Å². The van der Waals surface area contributed by atoms with Crippen molar-refractivity contribution in [2.24, 2.45) is 5.92 Å². The van der Waals surface area contributed by atoms with Gasteiger partial charge in [0.2, 0.25) is 0 Å². The molecule has 4 heteroatoms. The molecule has 0 saturated carbocycles. The standard InChI is InChI=1S/C19H30N2O2/c1-20-12-9-19(23-3,10-13-20)17-8-11-21(15-17)14-16-4-6-18(22-2)7-5-16/h4-7,17H,8-15H2,1-3H3. The lowest BCUT2D eigenvalue weighted by Crippen LogP contribution is -2.49. The van der Waals surface area contributed by atoms with Crippen LogP contribution in [0.4, 0.5) is 0 Å². The van der Waals surface area contributed by atoms with Crippen molar-refractivity contribution in [3.8, 4) is 5.75 Å². The number of nitrogens with zero attached hydrogens (tertiary/aromatic N) is 2. The Hall–Kier alpha value is -1.10. The summed E-state index contributed by atoms with van der Waals surface area (Å²) < 4.78 is 11.3. The van der Waals surface area contributed by atoms with E-state index in [2.05, 4.69) is 41.1 Å². The highest BCUT2D eigenvalue weighted by atomic mass is 16.5. The number of piperidine rings is 1. The summed E-state index contributed by atoms with van der Waals surface area (Å²) in [5, 5.41) is 0. The fourth-order valence-electron chi connectivity index (χ4n) is 4.17. The highest BCUT2D eigenvalue weighted by molar-refractivity contribution is 5.27. The summed E-state index contributed by atoms with van der Waals surface area (Å²) in [4.78, 5) is 4.99. The first-order valence-corrected chi connectivity index (χ1v) is 8.74. The number of likely N-dealkylation sites (tertiary alicyclic amines) is 2. The highest BCUT2D eigenvalue weighted by Gasteiger charge is 2.43. The zero-order valence-corrected chi connectivity index (χ0v) is 14.8. The Labute approximate surface area is 140 Å². The van der Waals surface area contributed by atoms with Crippen LogP contribution in [0.1, 0.15) is 24.8 Å². The van der Waals surface area contributed by atoms with Gasteiger partial charge in [-0.2, -0.15) is 0 Å². The molecule has 2 heterocycles. The van der Waals surface area contributed by atoms with E-state index in [0.717, 1.165) is 31.9 Å². The molecule has 2 aliphatic heterocycles. The van der Waals surface area contributed by atoms with Gasteiger partial charge in [0.25, 0.3) is 0 Å². The molecular weight excluding hydrogens is 288 g/mol.